The van der Waals surface area contributed by atoms with Gasteiger partial charge in [-0.3, -0.25) is 9.57 Å². The van der Waals surface area contributed by atoms with Crippen LogP contribution in [-0.2, 0) is 14.5 Å². The Morgan fingerprint density at radius 3 is 2.50 bits per heavy atom. The average Bonchev–Trinajstić information content (AvgIpc) is 2.35. The number of hydrogen-bond donors (Lipinski definition) is 3. The Bertz CT molecular complexity index is 362. The third-order valence-electron chi connectivity index (χ3n) is 3.66. The van der Waals surface area contributed by atoms with Crippen molar-refractivity contribution in [2.24, 2.45) is 11.7 Å². The van der Waals surface area contributed by atoms with E-state index in [0.717, 1.165) is 6.42 Å². The van der Waals surface area contributed by atoms with Crippen LogP contribution in [0.5, 0.6) is 0 Å². The first kappa shape index (κ1) is 15.4. The smallest absolute Gasteiger partial charge is 0.320 e. The second-order valence-corrected chi connectivity index (χ2v) is 7.69. The molecule has 5 nitrogen and oxygen atoms in total. The molecule has 0 aromatic heterocycles. The molecular formula is C12H24N2O3S. The van der Waals surface area contributed by atoms with E-state index in [9.17, 15) is 9.00 Å². The normalized spacial score (nSPS) is 22.3. The molecule has 1 aliphatic rings. The molecule has 1 unspecified atom stereocenters. The van der Waals surface area contributed by atoms with Gasteiger partial charge in [0.2, 0.25) is 0 Å². The monoisotopic (exact) mass is 276 g/mol. The van der Waals surface area contributed by atoms with E-state index >= 15 is 0 Å². The molecule has 0 bridgehead atoms. The van der Waals surface area contributed by atoms with Crippen LogP contribution in [0.2, 0.25) is 0 Å². The molecule has 0 radical (unpaired) electrons. The number of nitrogens with two attached hydrogens (primary N) is 1. The van der Waals surface area contributed by atoms with E-state index in [0.29, 0.717) is 11.7 Å². The van der Waals surface area contributed by atoms with Gasteiger partial charge in [-0.05, 0) is 18.8 Å². The molecule has 106 valence electrons. The van der Waals surface area contributed by atoms with Gasteiger partial charge in [-0.1, -0.05) is 32.1 Å². The zero-order valence-electron chi connectivity index (χ0n) is 10.8. The molecule has 4 N–H and O–H groups in total. The van der Waals surface area contributed by atoms with E-state index in [-0.39, 0.29) is 12.2 Å². The molecule has 0 saturated heterocycles. The highest BCUT2D eigenvalue weighted by Gasteiger charge is 2.18. The molecule has 1 aliphatic carbocycles. The molecule has 18 heavy (non-hydrogen) atoms. The summed E-state index contributed by atoms with van der Waals surface area (Å²) in [4.78, 5) is 10.5. The Kier molecular flexibility index (Phi) is 6.08. The Labute approximate surface area is 109 Å². The van der Waals surface area contributed by atoms with Crippen LogP contribution in [0.3, 0.4) is 0 Å². The minimum atomic E-state index is -2.65. The Morgan fingerprint density at radius 2 is 1.94 bits per heavy atom. The lowest BCUT2D eigenvalue weighted by Gasteiger charge is -2.21. The number of carboxylic acid groups (broad SMARTS) is 1. The second-order valence-electron chi connectivity index (χ2n) is 5.25. The lowest BCUT2D eigenvalue weighted by atomic mass is 9.88. The van der Waals surface area contributed by atoms with Gasteiger partial charge in [0.1, 0.15) is 6.04 Å². The largest absolute Gasteiger partial charge is 0.480 e. The highest BCUT2D eigenvalue weighted by molar-refractivity contribution is 7.92. The van der Waals surface area contributed by atoms with Crippen LogP contribution in [0.4, 0.5) is 0 Å². The number of carbonyl (C=O) groups is 1. The maximum Gasteiger partial charge on any atom is 0.320 e. The van der Waals surface area contributed by atoms with Gasteiger partial charge in [0.05, 0.1) is 0 Å². The zero-order chi connectivity index (χ0) is 13.6. The molecule has 0 aromatic carbocycles. The van der Waals surface area contributed by atoms with Crippen molar-refractivity contribution >= 4 is 15.7 Å². The minimum absolute atomic E-state index is 0.104. The van der Waals surface area contributed by atoms with E-state index < -0.39 is 21.7 Å². The van der Waals surface area contributed by atoms with Gasteiger partial charge in [0, 0.05) is 21.2 Å². The Balaban J connectivity index is 2.28. The maximum absolute atomic E-state index is 12.0. The summed E-state index contributed by atoms with van der Waals surface area (Å²) in [5.74, 6) is 0.0209. The number of nitrogens with one attached hydrogen (secondary N) is 1. The van der Waals surface area contributed by atoms with Crippen LogP contribution in [-0.4, -0.2) is 32.8 Å². The van der Waals surface area contributed by atoms with Gasteiger partial charge < -0.3 is 10.8 Å². The minimum Gasteiger partial charge on any atom is -0.480 e. The molecule has 0 heterocycles. The van der Waals surface area contributed by atoms with Gasteiger partial charge in [0.15, 0.2) is 0 Å². The van der Waals surface area contributed by atoms with Crippen LogP contribution in [0.15, 0.2) is 0 Å². The van der Waals surface area contributed by atoms with Gasteiger partial charge in [-0.15, -0.1) is 0 Å². The van der Waals surface area contributed by atoms with E-state index in [1.165, 1.54) is 32.1 Å². The first-order chi connectivity index (χ1) is 8.41. The molecule has 0 aromatic rings. The fourth-order valence-electron chi connectivity index (χ4n) is 2.38. The fourth-order valence-corrected chi connectivity index (χ4v) is 3.93. The number of carboxylic acids is 1. The SMILES string of the molecule is N=S(=O)(CCC1CCCCC1)CC[C@H](N)C(=O)O. The van der Waals surface area contributed by atoms with Crippen LogP contribution >= 0.6 is 0 Å². The zero-order valence-corrected chi connectivity index (χ0v) is 11.6. The lowest BCUT2D eigenvalue weighted by molar-refractivity contribution is -0.138. The Hall–Kier alpha value is -0.620. The maximum atomic E-state index is 12.0. The van der Waals surface area contributed by atoms with Crippen molar-refractivity contribution in [2.75, 3.05) is 11.5 Å². The first-order valence-electron chi connectivity index (χ1n) is 6.63. The van der Waals surface area contributed by atoms with Crippen LogP contribution < -0.4 is 5.73 Å². The molecular weight excluding hydrogens is 252 g/mol. The summed E-state index contributed by atoms with van der Waals surface area (Å²) in [6.45, 7) is 0. The standard InChI is InChI=1S/C12H24N2O3S/c13-11(12(15)16)7-9-18(14,17)8-6-10-4-2-1-3-5-10/h10-11,14H,1-9,13H2,(H,15,16)/t11-,18?/m0/s1. The molecule has 0 spiro atoms. The van der Waals surface area contributed by atoms with Crippen molar-refractivity contribution in [2.45, 2.75) is 51.0 Å². The lowest BCUT2D eigenvalue weighted by Crippen LogP contribution is -2.32. The summed E-state index contributed by atoms with van der Waals surface area (Å²) in [6.07, 6.45) is 7.11. The van der Waals surface area contributed by atoms with E-state index in [4.69, 9.17) is 15.6 Å². The molecule has 1 saturated carbocycles. The summed E-state index contributed by atoms with van der Waals surface area (Å²) in [7, 11) is -2.65. The molecule has 0 aliphatic heterocycles. The second kappa shape index (κ2) is 7.09. The van der Waals surface area contributed by atoms with E-state index in [1.807, 2.05) is 0 Å². The number of rotatable bonds is 7. The van der Waals surface area contributed by atoms with Crippen molar-refractivity contribution in [1.29, 1.82) is 4.78 Å². The molecule has 6 heteroatoms. The molecule has 2 atom stereocenters. The highest BCUT2D eigenvalue weighted by Crippen LogP contribution is 2.26. The summed E-state index contributed by atoms with van der Waals surface area (Å²) in [5, 5.41) is 8.63. The Morgan fingerprint density at radius 1 is 1.33 bits per heavy atom. The summed E-state index contributed by atoms with van der Waals surface area (Å²) in [5.41, 5.74) is 5.35. The summed E-state index contributed by atoms with van der Waals surface area (Å²) < 4.78 is 19.7. The third kappa shape index (κ3) is 5.82. The average molecular weight is 276 g/mol. The van der Waals surface area contributed by atoms with Crippen molar-refractivity contribution < 1.29 is 14.1 Å². The van der Waals surface area contributed by atoms with Crippen molar-refractivity contribution in [3.05, 3.63) is 0 Å². The van der Waals surface area contributed by atoms with Crippen LogP contribution in [0.1, 0.15) is 44.9 Å². The van der Waals surface area contributed by atoms with Crippen LogP contribution in [0, 0.1) is 10.7 Å². The predicted molar refractivity (Wildman–Crippen MR) is 72.0 cm³/mol. The topological polar surface area (TPSA) is 104 Å². The van der Waals surface area contributed by atoms with Gasteiger partial charge in [-0.25, -0.2) is 4.21 Å². The fraction of sp³-hybridized carbons (Fsp3) is 0.917. The highest BCUT2D eigenvalue weighted by atomic mass is 32.2. The first-order valence-corrected chi connectivity index (χ1v) is 8.53. The number of aliphatic carboxylic acids is 1. The quantitative estimate of drug-likeness (QED) is 0.659. The summed E-state index contributed by atoms with van der Waals surface area (Å²) in [6, 6.07) is -0.995. The van der Waals surface area contributed by atoms with Crippen molar-refractivity contribution in [1.82, 2.24) is 0 Å². The van der Waals surface area contributed by atoms with Gasteiger partial charge >= 0.3 is 5.97 Å². The van der Waals surface area contributed by atoms with Crippen molar-refractivity contribution in [3.8, 4) is 0 Å². The molecule has 0 amide bonds. The molecule has 1 rings (SSSR count). The number of hydrogen-bond acceptors (Lipinski definition) is 4. The summed E-state index contributed by atoms with van der Waals surface area (Å²) >= 11 is 0. The predicted octanol–water partition coefficient (Wildman–Crippen LogP) is 1.81. The third-order valence-corrected chi connectivity index (χ3v) is 5.45. The van der Waals surface area contributed by atoms with Gasteiger partial charge in [-0.2, -0.15) is 0 Å². The van der Waals surface area contributed by atoms with Crippen molar-refractivity contribution in [3.63, 3.8) is 0 Å². The van der Waals surface area contributed by atoms with E-state index in [1.54, 1.807) is 0 Å². The van der Waals surface area contributed by atoms with E-state index in [2.05, 4.69) is 0 Å². The van der Waals surface area contributed by atoms with Gasteiger partial charge in [0.25, 0.3) is 0 Å². The molecule has 1 fully saturated rings. The van der Waals surface area contributed by atoms with Crippen LogP contribution in [0.25, 0.3) is 0 Å².